The van der Waals surface area contributed by atoms with Crippen LogP contribution in [0.5, 0.6) is 0 Å². The summed E-state index contributed by atoms with van der Waals surface area (Å²) < 4.78 is 9.22. The van der Waals surface area contributed by atoms with E-state index >= 15 is 0 Å². The van der Waals surface area contributed by atoms with E-state index in [-0.39, 0.29) is 0 Å². The summed E-state index contributed by atoms with van der Waals surface area (Å²) in [5, 5.41) is 5.75. The summed E-state index contributed by atoms with van der Waals surface area (Å²) in [6, 6.07) is 2.56. The molecule has 0 radical (unpaired) electrons. The van der Waals surface area contributed by atoms with Gasteiger partial charge in [0.15, 0.2) is 0 Å². The van der Waals surface area contributed by atoms with Crippen molar-refractivity contribution in [3.05, 3.63) is 23.8 Å². The van der Waals surface area contributed by atoms with Gasteiger partial charge in [-0.15, -0.1) is 4.98 Å². The third kappa shape index (κ3) is 1.72. The SMILES string of the molecule is [2H]OC[C@H]1CC[C@@H]([n+]2c(C)nc(C)c3cc[nH]c32)C1. The first kappa shape index (κ1) is 10.5. The van der Waals surface area contributed by atoms with Gasteiger partial charge in [-0.3, -0.25) is 4.98 Å². The summed E-state index contributed by atoms with van der Waals surface area (Å²) in [5.74, 6) is 1.56. The number of hydrogen-bond donors (Lipinski definition) is 2. The summed E-state index contributed by atoms with van der Waals surface area (Å²) in [6.07, 6.45) is 5.32. The monoisotopic (exact) mass is 247 g/mol. The Morgan fingerprint density at radius 3 is 3.28 bits per heavy atom. The van der Waals surface area contributed by atoms with Gasteiger partial charge in [0.2, 0.25) is 12.9 Å². The number of fused-ring (bicyclic) bond motifs is 1. The van der Waals surface area contributed by atoms with Crippen molar-refractivity contribution < 1.29 is 9.68 Å². The van der Waals surface area contributed by atoms with Gasteiger partial charge in [0.25, 0.3) is 0 Å². The van der Waals surface area contributed by atoms with E-state index in [0.717, 1.165) is 30.8 Å². The number of aromatic nitrogens is 3. The van der Waals surface area contributed by atoms with Crippen LogP contribution in [0.15, 0.2) is 12.3 Å². The van der Waals surface area contributed by atoms with Crippen LogP contribution in [0, 0.1) is 19.8 Å². The van der Waals surface area contributed by atoms with Crippen LogP contribution in [-0.4, -0.2) is 23.1 Å². The number of H-pyrrole nitrogens is 1. The Morgan fingerprint density at radius 1 is 1.56 bits per heavy atom. The van der Waals surface area contributed by atoms with Crippen molar-refractivity contribution in [1.29, 1.82) is 1.43 Å². The molecule has 2 aromatic rings. The maximum atomic E-state index is 6.89. The summed E-state index contributed by atoms with van der Waals surface area (Å²) in [5.41, 5.74) is 2.25. The lowest BCUT2D eigenvalue weighted by Crippen LogP contribution is -2.43. The van der Waals surface area contributed by atoms with Crippen molar-refractivity contribution >= 4 is 11.0 Å². The van der Waals surface area contributed by atoms with Crippen molar-refractivity contribution in [2.24, 2.45) is 5.92 Å². The molecule has 0 aromatic carbocycles. The number of rotatable bonds is 3. The molecular formula is C14H20N3O+. The molecule has 2 N–H and O–H groups in total. The molecule has 96 valence electrons. The second-order valence-electron chi connectivity index (χ2n) is 5.35. The van der Waals surface area contributed by atoms with E-state index in [0.29, 0.717) is 18.6 Å². The van der Waals surface area contributed by atoms with Gasteiger partial charge in [-0.25, -0.2) is 4.57 Å². The average molecular weight is 247 g/mol. The Balaban J connectivity index is 1.99. The molecule has 1 aliphatic rings. The van der Waals surface area contributed by atoms with Gasteiger partial charge in [0, 0.05) is 13.5 Å². The van der Waals surface area contributed by atoms with Crippen LogP contribution in [0.25, 0.3) is 11.0 Å². The van der Waals surface area contributed by atoms with Crippen molar-refractivity contribution in [2.75, 3.05) is 6.61 Å². The second kappa shape index (κ2) is 4.35. The normalized spacial score (nSPS) is 24.7. The van der Waals surface area contributed by atoms with Crippen molar-refractivity contribution in [1.82, 2.24) is 9.97 Å². The highest BCUT2D eigenvalue weighted by molar-refractivity contribution is 5.74. The van der Waals surface area contributed by atoms with E-state index in [4.69, 9.17) is 1.43 Å². The molecule has 2 aromatic heterocycles. The first-order valence-electron chi connectivity index (χ1n) is 7.05. The van der Waals surface area contributed by atoms with Crippen LogP contribution in [0.1, 0.15) is 36.8 Å². The molecule has 0 aliphatic heterocycles. The number of nitrogens with zero attached hydrogens (tertiary/aromatic N) is 2. The van der Waals surface area contributed by atoms with Gasteiger partial charge in [-0.1, -0.05) is 0 Å². The van der Waals surface area contributed by atoms with Crippen LogP contribution in [0.4, 0.5) is 0 Å². The van der Waals surface area contributed by atoms with Gasteiger partial charge in [0.1, 0.15) is 5.69 Å². The molecule has 3 rings (SSSR count). The molecule has 0 bridgehead atoms. The maximum absolute atomic E-state index is 6.89. The van der Waals surface area contributed by atoms with E-state index in [1.807, 2.05) is 6.20 Å². The summed E-state index contributed by atoms with van der Waals surface area (Å²) in [4.78, 5) is 8.01. The van der Waals surface area contributed by atoms with Crippen LogP contribution in [0.3, 0.4) is 0 Å². The number of aliphatic hydroxyl groups is 1. The number of aliphatic hydroxyl groups excluding tert-OH is 1. The predicted octanol–water partition coefficient (Wildman–Crippen LogP) is 1.80. The van der Waals surface area contributed by atoms with Crippen LogP contribution in [0.2, 0.25) is 0 Å². The average Bonchev–Trinajstić information content (AvgIpc) is 2.99. The van der Waals surface area contributed by atoms with E-state index in [9.17, 15) is 0 Å². The molecule has 0 unspecified atom stereocenters. The van der Waals surface area contributed by atoms with Gasteiger partial charge < -0.3 is 5.11 Å². The molecular weight excluding hydrogens is 226 g/mol. The summed E-state index contributed by atoms with van der Waals surface area (Å²) in [7, 11) is 0. The lowest BCUT2D eigenvalue weighted by Gasteiger charge is -2.13. The highest BCUT2D eigenvalue weighted by atomic mass is 16.3. The highest BCUT2D eigenvalue weighted by Crippen LogP contribution is 2.31. The molecule has 2 heterocycles. The fourth-order valence-electron chi connectivity index (χ4n) is 3.25. The van der Waals surface area contributed by atoms with E-state index in [2.05, 4.69) is 39.6 Å². The summed E-state index contributed by atoms with van der Waals surface area (Å²) >= 11 is 0. The zero-order valence-corrected chi connectivity index (χ0v) is 10.9. The zero-order chi connectivity index (χ0) is 13.4. The highest BCUT2D eigenvalue weighted by Gasteiger charge is 2.31. The largest absolute Gasteiger partial charge is 0.396 e. The third-order valence-corrected chi connectivity index (χ3v) is 4.15. The minimum Gasteiger partial charge on any atom is -0.396 e. The first-order chi connectivity index (χ1) is 9.20. The minimum absolute atomic E-state index is 0.467. The minimum atomic E-state index is 0.467. The van der Waals surface area contributed by atoms with E-state index in [1.54, 1.807) is 0 Å². The molecule has 18 heavy (non-hydrogen) atoms. The van der Waals surface area contributed by atoms with Gasteiger partial charge in [0.05, 0.1) is 17.6 Å². The molecule has 2 atom stereocenters. The van der Waals surface area contributed by atoms with Crippen LogP contribution in [-0.2, 0) is 0 Å². The number of aryl methyl sites for hydroxylation is 2. The quantitative estimate of drug-likeness (QED) is 0.813. The van der Waals surface area contributed by atoms with Gasteiger partial charge in [-0.2, -0.15) is 0 Å². The summed E-state index contributed by atoms with van der Waals surface area (Å²) in [6.45, 7) is 4.67. The Kier molecular flexibility index (Phi) is 2.54. The Labute approximate surface area is 108 Å². The maximum Gasteiger partial charge on any atom is 0.236 e. The van der Waals surface area contributed by atoms with Crippen LogP contribution < -0.4 is 4.57 Å². The third-order valence-electron chi connectivity index (χ3n) is 4.15. The lowest BCUT2D eigenvalue weighted by molar-refractivity contribution is -0.707. The van der Waals surface area contributed by atoms with E-state index in [1.165, 1.54) is 11.0 Å². The number of nitrogens with one attached hydrogen (secondary N) is 1. The Morgan fingerprint density at radius 2 is 2.44 bits per heavy atom. The van der Waals surface area contributed by atoms with Gasteiger partial charge in [-0.05, 0) is 38.2 Å². The fraction of sp³-hybridized carbons (Fsp3) is 0.571. The molecule has 0 amide bonds. The fourth-order valence-corrected chi connectivity index (χ4v) is 3.25. The molecule has 1 saturated carbocycles. The molecule has 4 nitrogen and oxygen atoms in total. The van der Waals surface area contributed by atoms with Crippen molar-refractivity contribution in [3.63, 3.8) is 0 Å². The topological polar surface area (TPSA) is 52.8 Å². The first-order valence-corrected chi connectivity index (χ1v) is 6.64. The molecule has 1 aliphatic carbocycles. The van der Waals surface area contributed by atoms with Crippen molar-refractivity contribution in [2.45, 2.75) is 39.2 Å². The standard InChI is InChI=1S/C14H19N3O/c1-9-13-5-6-15-14(13)17(10(2)16-9)12-4-3-11(7-12)8-18/h5-6,11-12,18H,3-4,7-8H2,1-2H3/p+1/t11-,12+/m0/s1/i18D. The molecule has 1 fully saturated rings. The van der Waals surface area contributed by atoms with Crippen LogP contribution >= 0.6 is 0 Å². The van der Waals surface area contributed by atoms with Gasteiger partial charge >= 0.3 is 0 Å². The van der Waals surface area contributed by atoms with Crippen molar-refractivity contribution in [3.8, 4) is 0 Å². The second-order valence-corrected chi connectivity index (χ2v) is 5.35. The molecule has 0 saturated heterocycles. The van der Waals surface area contributed by atoms with E-state index < -0.39 is 0 Å². The number of aromatic amines is 1. The predicted molar refractivity (Wildman–Crippen MR) is 69.2 cm³/mol. The number of hydrogen-bond acceptors (Lipinski definition) is 2. The lowest BCUT2D eigenvalue weighted by atomic mass is 10.1. The zero-order valence-electron chi connectivity index (χ0n) is 11.9. The molecule has 0 spiro atoms. The Hall–Kier alpha value is -1.42. The smallest absolute Gasteiger partial charge is 0.236 e. The molecule has 4 heteroatoms. The Bertz CT molecular complexity index is 596.